The summed E-state index contributed by atoms with van der Waals surface area (Å²) >= 11 is 1.35. The van der Waals surface area contributed by atoms with Crippen LogP contribution >= 0.6 is 11.3 Å². The quantitative estimate of drug-likeness (QED) is 0.515. The maximum Gasteiger partial charge on any atom is 0.264 e. The van der Waals surface area contributed by atoms with Crippen molar-refractivity contribution in [3.05, 3.63) is 59.5 Å². The first kappa shape index (κ1) is 22.3. The first-order chi connectivity index (χ1) is 14.9. The number of thiazole rings is 1. The second kappa shape index (κ2) is 10.6. The number of hydrogen-bond donors (Lipinski definition) is 2. The van der Waals surface area contributed by atoms with E-state index in [2.05, 4.69) is 15.6 Å². The third-order valence-electron chi connectivity index (χ3n) is 4.38. The molecule has 0 spiro atoms. The lowest BCUT2D eigenvalue weighted by atomic mass is 10.1. The van der Waals surface area contributed by atoms with Crippen LogP contribution in [0.4, 0.5) is 5.13 Å². The molecule has 2 N–H and O–H groups in total. The van der Waals surface area contributed by atoms with Crippen molar-refractivity contribution >= 4 is 28.3 Å². The van der Waals surface area contributed by atoms with E-state index in [9.17, 15) is 9.59 Å². The largest absolute Gasteiger partial charge is 0.494 e. The summed E-state index contributed by atoms with van der Waals surface area (Å²) in [7, 11) is 0. The highest BCUT2D eigenvalue weighted by Gasteiger charge is 2.11. The fourth-order valence-corrected chi connectivity index (χ4v) is 3.63. The summed E-state index contributed by atoms with van der Waals surface area (Å²) < 4.78 is 10.9. The molecule has 0 bridgehead atoms. The molecule has 1 atom stereocenters. The monoisotopic (exact) mass is 439 g/mol. The molecule has 7 nitrogen and oxygen atoms in total. The van der Waals surface area contributed by atoms with Gasteiger partial charge in [-0.05, 0) is 43.7 Å². The van der Waals surface area contributed by atoms with Gasteiger partial charge in [0.2, 0.25) is 5.91 Å². The van der Waals surface area contributed by atoms with Crippen molar-refractivity contribution in [1.82, 2.24) is 10.3 Å². The molecule has 3 rings (SSSR count). The van der Waals surface area contributed by atoms with Crippen LogP contribution in [0.3, 0.4) is 0 Å². The van der Waals surface area contributed by atoms with E-state index in [0.29, 0.717) is 17.5 Å². The minimum atomic E-state index is -0.283. The smallest absolute Gasteiger partial charge is 0.264 e. The molecule has 0 fully saturated rings. The molecule has 2 amide bonds. The van der Waals surface area contributed by atoms with Crippen LogP contribution in [0.2, 0.25) is 0 Å². The van der Waals surface area contributed by atoms with Crippen LogP contribution in [-0.2, 0) is 9.59 Å². The number of nitrogens with one attached hydrogen (secondary N) is 2. The summed E-state index contributed by atoms with van der Waals surface area (Å²) in [5, 5.41) is 8.00. The summed E-state index contributed by atoms with van der Waals surface area (Å²) in [5.74, 6) is 0.997. The van der Waals surface area contributed by atoms with Gasteiger partial charge in [-0.1, -0.05) is 24.3 Å². The zero-order chi connectivity index (χ0) is 22.2. The molecule has 0 radical (unpaired) electrons. The van der Waals surface area contributed by atoms with E-state index in [0.717, 1.165) is 22.6 Å². The van der Waals surface area contributed by atoms with Gasteiger partial charge in [0.1, 0.15) is 11.5 Å². The fourth-order valence-electron chi connectivity index (χ4n) is 2.90. The van der Waals surface area contributed by atoms with Gasteiger partial charge in [0.05, 0.1) is 18.3 Å². The topological polar surface area (TPSA) is 89.6 Å². The Labute approximate surface area is 185 Å². The third kappa shape index (κ3) is 6.55. The summed E-state index contributed by atoms with van der Waals surface area (Å²) in [6.07, 6.45) is 0. The number of carbonyl (C=O) groups is 2. The molecule has 2 aromatic carbocycles. The zero-order valence-corrected chi connectivity index (χ0v) is 18.5. The van der Waals surface area contributed by atoms with Gasteiger partial charge in [-0.25, -0.2) is 4.98 Å². The number of anilines is 1. The van der Waals surface area contributed by atoms with Crippen molar-refractivity contribution in [3.63, 3.8) is 0 Å². The lowest BCUT2D eigenvalue weighted by molar-refractivity contribution is -0.119. The number of rotatable bonds is 9. The van der Waals surface area contributed by atoms with Crippen LogP contribution in [0, 0.1) is 0 Å². The van der Waals surface area contributed by atoms with E-state index in [1.807, 2.05) is 43.5 Å². The standard InChI is InChI=1S/C23H25N3O4S/c1-4-29-19-9-11-20(12-10-19)30-13-22(28)26-23-25-21(14-31-23)18-7-5-17(6-8-18)15(2)24-16(3)27/h5-12,14-15H,4,13H2,1-3H3,(H,24,27)(H,25,26,28). The molecule has 8 heteroatoms. The Bertz CT molecular complexity index is 1020. The minimum absolute atomic E-state index is 0.0628. The summed E-state index contributed by atoms with van der Waals surface area (Å²) in [6, 6.07) is 14.9. The molecule has 3 aromatic rings. The highest BCUT2D eigenvalue weighted by Crippen LogP contribution is 2.26. The van der Waals surface area contributed by atoms with E-state index >= 15 is 0 Å². The summed E-state index contributed by atoms with van der Waals surface area (Å²) in [6.45, 7) is 5.83. The van der Waals surface area contributed by atoms with E-state index < -0.39 is 0 Å². The highest BCUT2D eigenvalue weighted by atomic mass is 32.1. The molecule has 0 saturated heterocycles. The SMILES string of the molecule is CCOc1ccc(OCC(=O)Nc2nc(-c3ccc(C(C)NC(C)=O)cc3)cs2)cc1. The molecule has 0 saturated carbocycles. The Morgan fingerprint density at radius 1 is 1.03 bits per heavy atom. The van der Waals surface area contributed by atoms with Crippen LogP contribution in [0.1, 0.15) is 32.4 Å². The van der Waals surface area contributed by atoms with Crippen LogP contribution in [0.15, 0.2) is 53.9 Å². The number of nitrogens with zero attached hydrogens (tertiary/aromatic N) is 1. The average molecular weight is 440 g/mol. The van der Waals surface area contributed by atoms with Gasteiger partial charge in [-0.2, -0.15) is 0 Å². The number of hydrogen-bond acceptors (Lipinski definition) is 6. The number of amides is 2. The maximum atomic E-state index is 12.2. The Morgan fingerprint density at radius 2 is 1.68 bits per heavy atom. The van der Waals surface area contributed by atoms with Crippen LogP contribution in [0.25, 0.3) is 11.3 Å². The van der Waals surface area contributed by atoms with E-state index in [4.69, 9.17) is 9.47 Å². The van der Waals surface area contributed by atoms with Crippen LogP contribution < -0.4 is 20.1 Å². The molecule has 1 aromatic heterocycles. The van der Waals surface area contributed by atoms with Gasteiger partial charge in [0.25, 0.3) is 5.91 Å². The third-order valence-corrected chi connectivity index (χ3v) is 5.14. The maximum absolute atomic E-state index is 12.2. The Morgan fingerprint density at radius 3 is 2.29 bits per heavy atom. The minimum Gasteiger partial charge on any atom is -0.494 e. The lowest BCUT2D eigenvalue weighted by Crippen LogP contribution is -2.23. The molecular formula is C23H25N3O4S. The van der Waals surface area contributed by atoms with Gasteiger partial charge in [0.15, 0.2) is 11.7 Å². The average Bonchev–Trinajstić information content (AvgIpc) is 3.21. The van der Waals surface area contributed by atoms with Crippen molar-refractivity contribution in [3.8, 4) is 22.8 Å². The first-order valence-electron chi connectivity index (χ1n) is 9.93. The first-order valence-corrected chi connectivity index (χ1v) is 10.8. The predicted molar refractivity (Wildman–Crippen MR) is 122 cm³/mol. The fraction of sp³-hybridized carbons (Fsp3) is 0.261. The molecule has 1 heterocycles. The van der Waals surface area contributed by atoms with E-state index in [-0.39, 0.29) is 24.5 Å². The van der Waals surface area contributed by atoms with Gasteiger partial charge in [0, 0.05) is 17.9 Å². The highest BCUT2D eigenvalue weighted by molar-refractivity contribution is 7.14. The van der Waals surface area contributed by atoms with Crippen molar-refractivity contribution in [2.45, 2.75) is 26.8 Å². The molecule has 31 heavy (non-hydrogen) atoms. The molecule has 0 aliphatic rings. The van der Waals surface area contributed by atoms with Crippen molar-refractivity contribution in [2.24, 2.45) is 0 Å². The second-order valence-electron chi connectivity index (χ2n) is 6.82. The molecule has 0 aliphatic heterocycles. The van der Waals surface area contributed by atoms with Crippen LogP contribution in [0.5, 0.6) is 11.5 Å². The van der Waals surface area contributed by atoms with Crippen molar-refractivity contribution in [2.75, 3.05) is 18.5 Å². The number of ether oxygens (including phenoxy) is 2. The Balaban J connectivity index is 1.53. The second-order valence-corrected chi connectivity index (χ2v) is 7.68. The molecule has 162 valence electrons. The Hall–Kier alpha value is -3.39. The number of aromatic nitrogens is 1. The van der Waals surface area contributed by atoms with Crippen LogP contribution in [-0.4, -0.2) is 30.0 Å². The molecule has 1 unspecified atom stereocenters. The number of benzene rings is 2. The van der Waals surface area contributed by atoms with Gasteiger partial charge in [-0.3, -0.25) is 14.9 Å². The zero-order valence-electron chi connectivity index (χ0n) is 17.7. The van der Waals surface area contributed by atoms with Gasteiger partial charge in [-0.15, -0.1) is 11.3 Å². The van der Waals surface area contributed by atoms with Crippen molar-refractivity contribution in [1.29, 1.82) is 0 Å². The lowest BCUT2D eigenvalue weighted by Gasteiger charge is -2.13. The predicted octanol–water partition coefficient (Wildman–Crippen LogP) is 4.42. The summed E-state index contributed by atoms with van der Waals surface area (Å²) in [4.78, 5) is 27.9. The normalized spacial score (nSPS) is 11.5. The summed E-state index contributed by atoms with van der Waals surface area (Å²) in [5.41, 5.74) is 2.71. The van der Waals surface area contributed by atoms with Gasteiger partial charge < -0.3 is 14.8 Å². The van der Waals surface area contributed by atoms with E-state index in [1.165, 1.54) is 18.3 Å². The van der Waals surface area contributed by atoms with Gasteiger partial charge >= 0.3 is 0 Å². The Kier molecular flexibility index (Phi) is 7.61. The molecular weight excluding hydrogens is 414 g/mol. The van der Waals surface area contributed by atoms with E-state index in [1.54, 1.807) is 24.3 Å². The van der Waals surface area contributed by atoms with Crippen molar-refractivity contribution < 1.29 is 19.1 Å². The molecule has 0 aliphatic carbocycles. The number of carbonyl (C=O) groups excluding carboxylic acids is 2.